The Labute approximate surface area is 179 Å². The fourth-order valence-corrected chi connectivity index (χ4v) is 3.57. The van der Waals surface area contributed by atoms with Crippen LogP contribution in [-0.2, 0) is 17.8 Å². The highest BCUT2D eigenvalue weighted by Crippen LogP contribution is 2.23. The number of amides is 1. The van der Waals surface area contributed by atoms with E-state index in [0.717, 1.165) is 18.4 Å². The van der Waals surface area contributed by atoms with E-state index in [0.29, 0.717) is 36.0 Å². The van der Waals surface area contributed by atoms with Crippen molar-refractivity contribution in [3.8, 4) is 0 Å². The molecule has 0 saturated carbocycles. The largest absolute Gasteiger partial charge is 0.383 e. The molecule has 158 valence electrons. The van der Waals surface area contributed by atoms with Crippen LogP contribution in [0.1, 0.15) is 45.1 Å². The maximum atomic E-state index is 13.0. The van der Waals surface area contributed by atoms with Gasteiger partial charge in [0.05, 0.1) is 0 Å². The molecule has 1 aromatic heterocycles. The second-order valence-electron chi connectivity index (χ2n) is 6.78. The summed E-state index contributed by atoms with van der Waals surface area (Å²) in [6, 6.07) is 5.11. The van der Waals surface area contributed by atoms with Crippen LogP contribution in [0.5, 0.6) is 0 Å². The van der Waals surface area contributed by atoms with Gasteiger partial charge in [0, 0.05) is 29.6 Å². The van der Waals surface area contributed by atoms with Gasteiger partial charge in [-0.2, -0.15) is 0 Å². The van der Waals surface area contributed by atoms with E-state index >= 15 is 0 Å². The highest BCUT2D eigenvalue weighted by Gasteiger charge is 2.23. The number of hydrogen-bond donors (Lipinski definition) is 2. The summed E-state index contributed by atoms with van der Waals surface area (Å²) in [6.07, 6.45) is 2.74. The summed E-state index contributed by atoms with van der Waals surface area (Å²) >= 11 is 12.1. The van der Waals surface area contributed by atoms with E-state index in [4.69, 9.17) is 28.9 Å². The monoisotopic (exact) mass is 440 g/mol. The number of H-pyrrole nitrogens is 1. The summed E-state index contributed by atoms with van der Waals surface area (Å²) in [5, 5.41) is 1.00. The number of nitrogens with one attached hydrogen (secondary N) is 1. The summed E-state index contributed by atoms with van der Waals surface area (Å²) in [6.45, 7) is 4.57. The first-order chi connectivity index (χ1) is 13.8. The molecule has 0 aliphatic rings. The number of unbranched alkanes of at least 4 members (excludes halogenated alkanes) is 1. The van der Waals surface area contributed by atoms with Crippen LogP contribution in [-0.4, -0.2) is 22.0 Å². The molecular formula is C20H26Cl2N4O3. The SMILES string of the molecule is CCCCn1c(N)c(N(CCC)C(=O)CCc2ccc(Cl)cc2Cl)c(=O)[nH]c1=O. The molecule has 0 aliphatic carbocycles. The molecule has 2 aromatic rings. The van der Waals surface area contributed by atoms with Crippen LogP contribution in [0.2, 0.25) is 10.0 Å². The van der Waals surface area contributed by atoms with Crippen LogP contribution in [0, 0.1) is 0 Å². The highest BCUT2D eigenvalue weighted by molar-refractivity contribution is 6.35. The van der Waals surface area contributed by atoms with Gasteiger partial charge < -0.3 is 10.6 Å². The summed E-state index contributed by atoms with van der Waals surface area (Å²) in [7, 11) is 0. The Balaban J connectivity index is 2.33. The molecule has 0 saturated heterocycles. The quantitative estimate of drug-likeness (QED) is 0.621. The Morgan fingerprint density at radius 1 is 1.21 bits per heavy atom. The van der Waals surface area contributed by atoms with Crippen molar-refractivity contribution in [2.45, 2.75) is 52.5 Å². The minimum atomic E-state index is -0.661. The van der Waals surface area contributed by atoms with Crippen molar-refractivity contribution >= 4 is 40.6 Å². The molecule has 0 atom stereocenters. The van der Waals surface area contributed by atoms with Crippen LogP contribution in [0.15, 0.2) is 27.8 Å². The molecule has 0 bridgehead atoms. The first-order valence-electron chi connectivity index (χ1n) is 9.67. The lowest BCUT2D eigenvalue weighted by molar-refractivity contribution is -0.118. The Morgan fingerprint density at radius 3 is 2.55 bits per heavy atom. The summed E-state index contributed by atoms with van der Waals surface area (Å²) < 4.78 is 1.31. The normalized spacial score (nSPS) is 10.9. The van der Waals surface area contributed by atoms with Gasteiger partial charge in [-0.05, 0) is 37.0 Å². The third kappa shape index (κ3) is 5.64. The predicted octanol–water partition coefficient (Wildman–Crippen LogP) is 3.60. The Bertz CT molecular complexity index is 985. The Hall–Kier alpha value is -2.25. The van der Waals surface area contributed by atoms with E-state index in [-0.39, 0.29) is 23.8 Å². The molecule has 0 radical (unpaired) electrons. The van der Waals surface area contributed by atoms with Crippen LogP contribution in [0.3, 0.4) is 0 Å². The number of nitrogens with zero attached hydrogens (tertiary/aromatic N) is 2. The molecule has 7 nitrogen and oxygen atoms in total. The molecular weight excluding hydrogens is 415 g/mol. The van der Waals surface area contributed by atoms with Gasteiger partial charge in [0.25, 0.3) is 5.56 Å². The molecule has 0 unspecified atom stereocenters. The maximum absolute atomic E-state index is 13.0. The van der Waals surface area contributed by atoms with E-state index in [1.165, 1.54) is 9.47 Å². The van der Waals surface area contributed by atoms with E-state index in [2.05, 4.69) is 4.98 Å². The van der Waals surface area contributed by atoms with Gasteiger partial charge >= 0.3 is 5.69 Å². The van der Waals surface area contributed by atoms with Crippen molar-refractivity contribution in [3.05, 3.63) is 54.6 Å². The molecule has 29 heavy (non-hydrogen) atoms. The number of hydrogen-bond acceptors (Lipinski definition) is 4. The van der Waals surface area contributed by atoms with Gasteiger partial charge in [-0.25, -0.2) is 4.79 Å². The van der Waals surface area contributed by atoms with Crippen molar-refractivity contribution in [2.24, 2.45) is 0 Å². The average molecular weight is 441 g/mol. The highest BCUT2D eigenvalue weighted by atomic mass is 35.5. The number of aromatic amines is 1. The lowest BCUT2D eigenvalue weighted by Crippen LogP contribution is -2.41. The van der Waals surface area contributed by atoms with Crippen molar-refractivity contribution in [2.75, 3.05) is 17.2 Å². The van der Waals surface area contributed by atoms with Crippen molar-refractivity contribution in [1.29, 1.82) is 0 Å². The zero-order valence-corrected chi connectivity index (χ0v) is 18.1. The minimum Gasteiger partial charge on any atom is -0.383 e. The van der Waals surface area contributed by atoms with Crippen LogP contribution in [0.25, 0.3) is 0 Å². The van der Waals surface area contributed by atoms with E-state index in [1.54, 1.807) is 18.2 Å². The van der Waals surface area contributed by atoms with Crippen molar-refractivity contribution < 1.29 is 4.79 Å². The van der Waals surface area contributed by atoms with Gasteiger partial charge in [0.1, 0.15) is 5.82 Å². The van der Waals surface area contributed by atoms with Crippen molar-refractivity contribution in [3.63, 3.8) is 0 Å². The zero-order valence-electron chi connectivity index (χ0n) is 16.6. The standard InChI is InChI=1S/C20H26Cl2N4O3/c1-3-5-11-26-18(23)17(19(28)24-20(26)29)25(10-4-2)16(27)9-7-13-6-8-14(21)12-15(13)22/h6,8,12H,3-5,7,9-11,23H2,1-2H3,(H,24,28,29). The molecule has 0 fully saturated rings. The topological polar surface area (TPSA) is 101 Å². The fourth-order valence-electron chi connectivity index (χ4n) is 3.06. The van der Waals surface area contributed by atoms with Gasteiger partial charge in [0.2, 0.25) is 5.91 Å². The summed E-state index contributed by atoms with van der Waals surface area (Å²) in [5.41, 5.74) is 5.74. The van der Waals surface area contributed by atoms with Crippen LogP contribution >= 0.6 is 23.2 Å². The first kappa shape index (κ1) is 23.0. The van der Waals surface area contributed by atoms with Gasteiger partial charge in [-0.1, -0.05) is 49.5 Å². The zero-order chi connectivity index (χ0) is 21.6. The van der Waals surface area contributed by atoms with Crippen LogP contribution < -0.4 is 21.9 Å². The number of nitrogens with two attached hydrogens (primary N) is 1. The first-order valence-corrected chi connectivity index (χ1v) is 10.4. The molecule has 1 amide bonds. The number of aromatic nitrogens is 2. The fraction of sp³-hybridized carbons (Fsp3) is 0.450. The number of benzene rings is 1. The third-order valence-electron chi connectivity index (χ3n) is 4.59. The lowest BCUT2D eigenvalue weighted by atomic mass is 10.1. The number of carbonyl (C=O) groups excluding carboxylic acids is 1. The van der Waals surface area contributed by atoms with E-state index in [1.807, 2.05) is 13.8 Å². The molecule has 0 spiro atoms. The molecule has 1 aromatic carbocycles. The van der Waals surface area contributed by atoms with Crippen molar-refractivity contribution in [1.82, 2.24) is 9.55 Å². The number of anilines is 2. The summed E-state index contributed by atoms with van der Waals surface area (Å²) in [4.78, 5) is 41.2. The molecule has 2 rings (SSSR count). The number of halogens is 2. The summed E-state index contributed by atoms with van der Waals surface area (Å²) in [5.74, 6) is -0.255. The molecule has 0 aliphatic heterocycles. The Morgan fingerprint density at radius 2 is 1.93 bits per heavy atom. The number of nitrogen functional groups attached to an aromatic ring is 1. The third-order valence-corrected chi connectivity index (χ3v) is 5.18. The van der Waals surface area contributed by atoms with E-state index < -0.39 is 11.2 Å². The number of aryl methyl sites for hydroxylation is 1. The van der Waals surface area contributed by atoms with Gasteiger partial charge in [-0.3, -0.25) is 19.1 Å². The smallest absolute Gasteiger partial charge is 0.330 e. The minimum absolute atomic E-state index is 0.0125. The second-order valence-corrected chi connectivity index (χ2v) is 7.62. The predicted molar refractivity (Wildman–Crippen MR) is 118 cm³/mol. The van der Waals surface area contributed by atoms with Crippen LogP contribution in [0.4, 0.5) is 11.5 Å². The number of carbonyl (C=O) groups is 1. The second kappa shape index (κ2) is 10.5. The maximum Gasteiger partial charge on any atom is 0.330 e. The Kier molecular flexibility index (Phi) is 8.34. The molecule has 1 heterocycles. The van der Waals surface area contributed by atoms with Gasteiger partial charge in [-0.15, -0.1) is 0 Å². The van der Waals surface area contributed by atoms with E-state index in [9.17, 15) is 14.4 Å². The lowest BCUT2D eigenvalue weighted by Gasteiger charge is -2.24. The van der Waals surface area contributed by atoms with Gasteiger partial charge in [0.15, 0.2) is 5.69 Å². The number of rotatable bonds is 9. The molecule has 3 N–H and O–H groups in total. The molecule has 9 heteroatoms. The average Bonchev–Trinajstić information content (AvgIpc) is 2.66.